The van der Waals surface area contributed by atoms with E-state index in [0.717, 1.165) is 11.3 Å². The van der Waals surface area contributed by atoms with Crippen molar-refractivity contribution in [3.63, 3.8) is 0 Å². The molecule has 0 spiro atoms. The summed E-state index contributed by atoms with van der Waals surface area (Å²) in [5.41, 5.74) is 0.856. The highest BCUT2D eigenvalue weighted by Gasteiger charge is 2.09. The van der Waals surface area contributed by atoms with E-state index in [2.05, 4.69) is 5.32 Å². The number of hydrogen-bond acceptors (Lipinski definition) is 4. The van der Waals surface area contributed by atoms with Gasteiger partial charge in [-0.1, -0.05) is 18.2 Å². The first kappa shape index (κ1) is 15.1. The quantitative estimate of drug-likeness (QED) is 0.773. The summed E-state index contributed by atoms with van der Waals surface area (Å²) in [6.45, 7) is 0.269. The van der Waals surface area contributed by atoms with Crippen LogP contribution in [0.25, 0.3) is 0 Å². The maximum Gasteiger partial charge on any atom is 0.220 e. The highest BCUT2D eigenvalue weighted by atomic mass is 32.2. The minimum absolute atomic E-state index is 0.0253. The van der Waals surface area contributed by atoms with Crippen molar-refractivity contribution in [3.8, 4) is 0 Å². The number of thioether (sulfide) groups is 1. The van der Waals surface area contributed by atoms with Gasteiger partial charge in [0.15, 0.2) is 0 Å². The second-order valence-electron chi connectivity index (χ2n) is 4.29. The first-order valence-electron chi connectivity index (χ1n) is 6.40. The van der Waals surface area contributed by atoms with Gasteiger partial charge >= 0.3 is 0 Å². The molecule has 0 aliphatic carbocycles. The number of aliphatic hydroxyl groups excluding tert-OH is 1. The molecule has 5 heteroatoms. The van der Waals surface area contributed by atoms with E-state index in [4.69, 9.17) is 0 Å². The van der Waals surface area contributed by atoms with E-state index in [0.29, 0.717) is 6.42 Å². The van der Waals surface area contributed by atoms with Crippen LogP contribution < -0.4 is 5.32 Å². The topological polar surface area (TPSA) is 49.3 Å². The van der Waals surface area contributed by atoms with Crippen molar-refractivity contribution >= 4 is 29.0 Å². The Balaban J connectivity index is 1.63. The predicted molar refractivity (Wildman–Crippen MR) is 84.1 cm³/mol. The highest BCUT2D eigenvalue weighted by Crippen LogP contribution is 2.18. The molecule has 0 aliphatic rings. The van der Waals surface area contributed by atoms with Crippen LogP contribution in [0.15, 0.2) is 52.1 Å². The molecule has 1 atom stereocenters. The van der Waals surface area contributed by atoms with Crippen LogP contribution in [0.5, 0.6) is 0 Å². The van der Waals surface area contributed by atoms with Crippen LogP contribution in [0.1, 0.15) is 18.1 Å². The summed E-state index contributed by atoms with van der Waals surface area (Å²) in [6.07, 6.45) is -0.164. The van der Waals surface area contributed by atoms with Crippen LogP contribution >= 0.6 is 23.1 Å². The van der Waals surface area contributed by atoms with E-state index < -0.39 is 6.10 Å². The van der Waals surface area contributed by atoms with E-state index in [-0.39, 0.29) is 12.5 Å². The molecule has 106 valence electrons. The van der Waals surface area contributed by atoms with Crippen molar-refractivity contribution in [2.45, 2.75) is 17.4 Å². The fourth-order valence-corrected chi connectivity index (χ4v) is 3.24. The van der Waals surface area contributed by atoms with Crippen LogP contribution in [0.3, 0.4) is 0 Å². The Morgan fingerprint density at radius 2 is 2.10 bits per heavy atom. The van der Waals surface area contributed by atoms with Gasteiger partial charge in [0.05, 0.1) is 6.10 Å². The van der Waals surface area contributed by atoms with Gasteiger partial charge in [0, 0.05) is 23.6 Å². The van der Waals surface area contributed by atoms with Gasteiger partial charge in [-0.25, -0.2) is 0 Å². The number of benzene rings is 1. The monoisotopic (exact) mass is 307 g/mol. The zero-order valence-corrected chi connectivity index (χ0v) is 12.6. The Labute approximate surface area is 127 Å². The Kier molecular flexibility index (Phi) is 6.11. The fourth-order valence-electron chi connectivity index (χ4n) is 1.66. The predicted octanol–water partition coefficient (Wildman–Crippen LogP) is 3.08. The number of rotatable bonds is 7. The molecule has 0 aliphatic heterocycles. The smallest absolute Gasteiger partial charge is 0.220 e. The summed E-state index contributed by atoms with van der Waals surface area (Å²) in [5, 5.41) is 16.4. The molecule has 1 aromatic heterocycles. The second kappa shape index (κ2) is 8.09. The molecule has 1 amide bonds. The van der Waals surface area contributed by atoms with E-state index in [9.17, 15) is 9.90 Å². The number of nitrogens with one attached hydrogen (secondary N) is 1. The highest BCUT2D eigenvalue weighted by molar-refractivity contribution is 7.99. The number of thiophene rings is 1. The molecule has 0 bridgehead atoms. The minimum Gasteiger partial charge on any atom is -0.387 e. The lowest BCUT2D eigenvalue weighted by Crippen LogP contribution is -2.28. The number of aliphatic hydroxyl groups is 1. The molecule has 1 heterocycles. The van der Waals surface area contributed by atoms with Crippen molar-refractivity contribution in [2.75, 3.05) is 12.3 Å². The van der Waals surface area contributed by atoms with Crippen LogP contribution in [-0.4, -0.2) is 23.3 Å². The van der Waals surface area contributed by atoms with Crippen molar-refractivity contribution in [3.05, 3.63) is 52.7 Å². The average Bonchev–Trinajstić information content (AvgIpc) is 3.00. The van der Waals surface area contributed by atoms with Crippen LogP contribution in [0, 0.1) is 0 Å². The molecule has 0 saturated carbocycles. The van der Waals surface area contributed by atoms with Gasteiger partial charge in [-0.05, 0) is 34.5 Å². The first-order chi connectivity index (χ1) is 9.75. The summed E-state index contributed by atoms with van der Waals surface area (Å²) in [7, 11) is 0. The summed E-state index contributed by atoms with van der Waals surface area (Å²) in [5.74, 6) is 0.715. The summed E-state index contributed by atoms with van der Waals surface area (Å²) in [6, 6.07) is 11.9. The lowest BCUT2D eigenvalue weighted by atomic mass is 10.2. The van der Waals surface area contributed by atoms with Gasteiger partial charge in [-0.15, -0.1) is 11.8 Å². The second-order valence-corrected chi connectivity index (χ2v) is 6.24. The Hall–Kier alpha value is -1.30. The molecular weight excluding hydrogens is 290 g/mol. The standard InChI is InChI=1S/C15H17NO2S2/c17-14(12-6-8-19-11-12)10-16-15(18)7-9-20-13-4-2-1-3-5-13/h1-6,8,11,14,17H,7,9-10H2,(H,16,18)/t14-/m0/s1. The fraction of sp³-hybridized carbons (Fsp3) is 0.267. The molecule has 0 fully saturated rings. The van der Waals surface area contributed by atoms with E-state index in [1.807, 2.05) is 47.2 Å². The number of carbonyl (C=O) groups is 1. The number of carbonyl (C=O) groups excluding carboxylic acids is 1. The minimum atomic E-state index is -0.619. The van der Waals surface area contributed by atoms with E-state index in [1.54, 1.807) is 11.8 Å². The van der Waals surface area contributed by atoms with Gasteiger partial charge in [-0.2, -0.15) is 11.3 Å². The summed E-state index contributed by atoms with van der Waals surface area (Å²) in [4.78, 5) is 12.8. The largest absolute Gasteiger partial charge is 0.387 e. The Morgan fingerprint density at radius 3 is 2.80 bits per heavy atom. The molecule has 0 unspecified atom stereocenters. The zero-order chi connectivity index (χ0) is 14.2. The van der Waals surface area contributed by atoms with Crippen molar-refractivity contribution in [1.82, 2.24) is 5.32 Å². The molecule has 2 rings (SSSR count). The molecule has 2 N–H and O–H groups in total. The van der Waals surface area contributed by atoms with Crippen molar-refractivity contribution in [1.29, 1.82) is 0 Å². The van der Waals surface area contributed by atoms with Crippen molar-refractivity contribution < 1.29 is 9.90 Å². The zero-order valence-electron chi connectivity index (χ0n) is 11.0. The van der Waals surface area contributed by atoms with Gasteiger partial charge in [0.25, 0.3) is 0 Å². The molecular formula is C15H17NO2S2. The normalized spacial score (nSPS) is 12.1. The Bertz CT molecular complexity index is 514. The lowest BCUT2D eigenvalue weighted by Gasteiger charge is -2.10. The molecule has 3 nitrogen and oxygen atoms in total. The summed E-state index contributed by atoms with van der Waals surface area (Å²) >= 11 is 3.20. The van der Waals surface area contributed by atoms with E-state index in [1.165, 1.54) is 16.2 Å². The average molecular weight is 307 g/mol. The molecule has 20 heavy (non-hydrogen) atoms. The maximum absolute atomic E-state index is 11.7. The summed E-state index contributed by atoms with van der Waals surface area (Å²) < 4.78 is 0. The molecule has 0 radical (unpaired) electrons. The van der Waals surface area contributed by atoms with Crippen molar-refractivity contribution in [2.24, 2.45) is 0 Å². The number of amides is 1. The molecule has 2 aromatic rings. The van der Waals surface area contributed by atoms with E-state index >= 15 is 0 Å². The van der Waals surface area contributed by atoms with Gasteiger partial charge in [0.1, 0.15) is 0 Å². The Morgan fingerprint density at radius 1 is 1.30 bits per heavy atom. The van der Waals surface area contributed by atoms with Gasteiger partial charge in [-0.3, -0.25) is 4.79 Å². The molecule has 0 saturated heterocycles. The maximum atomic E-state index is 11.7. The first-order valence-corrected chi connectivity index (χ1v) is 8.33. The van der Waals surface area contributed by atoms with Crippen LogP contribution in [0.2, 0.25) is 0 Å². The third kappa shape index (κ3) is 5.00. The van der Waals surface area contributed by atoms with Crippen LogP contribution in [0.4, 0.5) is 0 Å². The number of hydrogen-bond donors (Lipinski definition) is 2. The van der Waals surface area contributed by atoms with Gasteiger partial charge < -0.3 is 10.4 Å². The SMILES string of the molecule is O=C(CCSc1ccccc1)NC[C@H](O)c1ccsc1. The lowest BCUT2D eigenvalue weighted by molar-refractivity contribution is -0.121. The van der Waals surface area contributed by atoms with Gasteiger partial charge in [0.2, 0.25) is 5.91 Å². The third-order valence-electron chi connectivity index (χ3n) is 2.76. The van der Waals surface area contributed by atoms with Crippen LogP contribution in [-0.2, 0) is 4.79 Å². The third-order valence-corrected chi connectivity index (χ3v) is 4.48. The molecule has 1 aromatic carbocycles.